The van der Waals surface area contributed by atoms with Gasteiger partial charge in [0.2, 0.25) is 15.9 Å². The predicted molar refractivity (Wildman–Crippen MR) is 97.4 cm³/mol. The van der Waals surface area contributed by atoms with Crippen LogP contribution in [0, 0.1) is 0 Å². The summed E-state index contributed by atoms with van der Waals surface area (Å²) >= 11 is 6.01. The maximum atomic E-state index is 12.3. The number of sulfonamides is 1. The van der Waals surface area contributed by atoms with Crippen molar-refractivity contribution in [2.75, 3.05) is 39.0 Å². The van der Waals surface area contributed by atoms with Crippen molar-refractivity contribution in [3.05, 3.63) is 23.2 Å². The molecule has 0 saturated carbocycles. The second-order valence-corrected chi connectivity index (χ2v) is 8.96. The topological polar surface area (TPSA) is 79.0 Å². The zero-order valence-corrected chi connectivity index (χ0v) is 16.4. The summed E-state index contributed by atoms with van der Waals surface area (Å²) in [6, 6.07) is 4.42. The molecule has 0 aliphatic carbocycles. The van der Waals surface area contributed by atoms with Gasteiger partial charge in [-0.25, -0.2) is 12.7 Å². The van der Waals surface area contributed by atoms with Crippen LogP contribution in [-0.4, -0.2) is 69.5 Å². The van der Waals surface area contributed by atoms with E-state index < -0.39 is 10.0 Å². The highest BCUT2D eigenvalue weighted by molar-refractivity contribution is 7.89. The molecular weight excluding hydrogens is 366 g/mol. The van der Waals surface area contributed by atoms with E-state index in [1.807, 2.05) is 18.7 Å². The number of carbonyl (C=O) groups is 1. The number of ether oxygens (including phenoxy) is 1. The predicted octanol–water partition coefficient (Wildman–Crippen LogP) is 1.64. The van der Waals surface area contributed by atoms with E-state index in [1.165, 1.54) is 26.2 Å². The van der Waals surface area contributed by atoms with E-state index in [9.17, 15) is 13.2 Å². The number of nitrogens with zero attached hydrogens (tertiary/aromatic N) is 2. The Labute approximate surface area is 153 Å². The number of nitrogens with one attached hydrogen (secondary N) is 1. The number of amides is 1. The van der Waals surface area contributed by atoms with E-state index >= 15 is 0 Å². The van der Waals surface area contributed by atoms with Gasteiger partial charge in [-0.15, -0.1) is 0 Å². The van der Waals surface area contributed by atoms with E-state index in [1.54, 1.807) is 6.07 Å². The van der Waals surface area contributed by atoms with Crippen LogP contribution < -0.4 is 5.32 Å². The van der Waals surface area contributed by atoms with Crippen LogP contribution in [0.1, 0.15) is 13.8 Å². The smallest absolute Gasteiger partial charge is 0.244 e. The minimum absolute atomic E-state index is 0.0365. The van der Waals surface area contributed by atoms with Crippen LogP contribution in [0.25, 0.3) is 0 Å². The third-order valence-corrected chi connectivity index (χ3v) is 6.13. The molecule has 1 fully saturated rings. The first-order valence-corrected chi connectivity index (χ1v) is 9.81. The van der Waals surface area contributed by atoms with Crippen molar-refractivity contribution in [3.8, 4) is 0 Å². The van der Waals surface area contributed by atoms with Crippen molar-refractivity contribution in [1.29, 1.82) is 0 Å². The number of hydrogen-bond donors (Lipinski definition) is 1. The van der Waals surface area contributed by atoms with Crippen LogP contribution in [0.3, 0.4) is 0 Å². The fourth-order valence-electron chi connectivity index (χ4n) is 2.79. The number of morpholine rings is 1. The fraction of sp³-hybridized carbons (Fsp3) is 0.562. The van der Waals surface area contributed by atoms with Gasteiger partial charge in [-0.3, -0.25) is 9.69 Å². The molecule has 1 amide bonds. The second kappa shape index (κ2) is 8.01. The van der Waals surface area contributed by atoms with Gasteiger partial charge in [-0.1, -0.05) is 11.6 Å². The molecule has 0 unspecified atom stereocenters. The van der Waals surface area contributed by atoms with E-state index in [0.29, 0.717) is 18.8 Å². The van der Waals surface area contributed by atoms with Gasteiger partial charge in [0, 0.05) is 32.9 Å². The first kappa shape index (κ1) is 20.1. The summed E-state index contributed by atoms with van der Waals surface area (Å²) in [6.45, 7) is 5.52. The molecule has 1 heterocycles. The Hall–Kier alpha value is -1.19. The van der Waals surface area contributed by atoms with Gasteiger partial charge in [0.15, 0.2) is 0 Å². The van der Waals surface area contributed by atoms with E-state index in [-0.39, 0.29) is 34.6 Å². The van der Waals surface area contributed by atoms with Crippen LogP contribution in [0.4, 0.5) is 5.69 Å². The Kier molecular flexibility index (Phi) is 6.45. The molecule has 1 aromatic carbocycles. The minimum Gasteiger partial charge on any atom is -0.373 e. The minimum atomic E-state index is -3.68. The highest BCUT2D eigenvalue weighted by atomic mass is 35.5. The normalized spacial score (nSPS) is 22.2. The lowest BCUT2D eigenvalue weighted by Crippen LogP contribution is -2.48. The van der Waals surface area contributed by atoms with Crippen LogP contribution in [0.2, 0.25) is 5.02 Å². The molecule has 0 radical (unpaired) electrons. The van der Waals surface area contributed by atoms with Crippen LogP contribution in [0.15, 0.2) is 23.1 Å². The quantitative estimate of drug-likeness (QED) is 0.828. The first-order valence-electron chi connectivity index (χ1n) is 7.99. The summed E-state index contributed by atoms with van der Waals surface area (Å²) in [6.07, 6.45) is 0.146. The molecule has 1 aromatic rings. The Morgan fingerprint density at radius 1 is 1.32 bits per heavy atom. The lowest BCUT2D eigenvalue weighted by molar-refractivity contribution is -0.121. The summed E-state index contributed by atoms with van der Waals surface area (Å²) in [5.74, 6) is -0.211. The summed E-state index contributed by atoms with van der Waals surface area (Å²) in [5.41, 5.74) is 0.393. The molecule has 0 aromatic heterocycles. The summed E-state index contributed by atoms with van der Waals surface area (Å²) < 4.78 is 31.3. The van der Waals surface area contributed by atoms with Gasteiger partial charge in [-0.05, 0) is 32.0 Å². The molecule has 1 aliphatic heterocycles. The van der Waals surface area contributed by atoms with Gasteiger partial charge in [0.05, 0.1) is 23.8 Å². The lowest BCUT2D eigenvalue weighted by Gasteiger charge is -2.34. The third kappa shape index (κ3) is 5.15. The number of carbonyl (C=O) groups excluding carboxylic acids is 1. The van der Waals surface area contributed by atoms with Gasteiger partial charge in [0.1, 0.15) is 4.90 Å². The van der Waals surface area contributed by atoms with Crippen molar-refractivity contribution in [2.45, 2.75) is 31.0 Å². The molecule has 7 nitrogen and oxygen atoms in total. The van der Waals surface area contributed by atoms with Gasteiger partial charge >= 0.3 is 0 Å². The number of halogens is 1. The van der Waals surface area contributed by atoms with Crippen molar-refractivity contribution in [1.82, 2.24) is 9.21 Å². The van der Waals surface area contributed by atoms with Gasteiger partial charge in [-0.2, -0.15) is 0 Å². The van der Waals surface area contributed by atoms with Crippen molar-refractivity contribution < 1.29 is 17.9 Å². The average molecular weight is 390 g/mol. The maximum absolute atomic E-state index is 12.3. The molecular formula is C16H24ClN3O4S. The molecule has 1 N–H and O–H groups in total. The zero-order valence-electron chi connectivity index (χ0n) is 14.8. The Morgan fingerprint density at radius 2 is 1.92 bits per heavy atom. The Bertz CT molecular complexity index is 729. The van der Waals surface area contributed by atoms with Crippen molar-refractivity contribution in [3.63, 3.8) is 0 Å². The summed E-state index contributed by atoms with van der Waals surface area (Å²) in [5, 5.41) is 2.85. The molecule has 0 bridgehead atoms. The average Bonchev–Trinajstić information content (AvgIpc) is 2.47. The highest BCUT2D eigenvalue weighted by Gasteiger charge is 2.24. The number of benzene rings is 1. The molecule has 2 rings (SSSR count). The van der Waals surface area contributed by atoms with Crippen LogP contribution >= 0.6 is 11.6 Å². The van der Waals surface area contributed by atoms with Gasteiger partial charge < -0.3 is 10.1 Å². The van der Waals surface area contributed by atoms with Crippen molar-refractivity contribution >= 4 is 33.2 Å². The number of anilines is 1. The van der Waals surface area contributed by atoms with E-state index in [4.69, 9.17) is 16.3 Å². The third-order valence-electron chi connectivity index (χ3n) is 3.84. The maximum Gasteiger partial charge on any atom is 0.244 e. The summed E-state index contributed by atoms with van der Waals surface area (Å²) in [4.78, 5) is 14.3. The zero-order chi connectivity index (χ0) is 18.8. The molecule has 1 saturated heterocycles. The van der Waals surface area contributed by atoms with E-state index in [2.05, 4.69) is 5.32 Å². The summed E-state index contributed by atoms with van der Waals surface area (Å²) in [7, 11) is -0.828. The van der Waals surface area contributed by atoms with Crippen molar-refractivity contribution in [2.24, 2.45) is 0 Å². The van der Waals surface area contributed by atoms with E-state index in [0.717, 1.165) is 4.31 Å². The number of hydrogen-bond acceptors (Lipinski definition) is 5. The number of rotatable bonds is 5. The second-order valence-electron chi connectivity index (χ2n) is 6.43. The SMILES string of the molecule is C[C@@H]1CN(CC(=O)Nc2ccc(Cl)c(S(=O)(=O)N(C)C)c2)C[C@@H](C)O1. The molecule has 2 atom stereocenters. The standard InChI is InChI=1S/C16H24ClN3O4S/c1-11-8-20(9-12(2)24-11)10-16(21)18-13-5-6-14(17)15(7-13)25(22,23)19(3)4/h5-7,11-12H,8-10H2,1-4H3,(H,18,21)/t11-,12-/m1/s1. The lowest BCUT2D eigenvalue weighted by atomic mass is 10.2. The molecule has 9 heteroatoms. The Balaban J connectivity index is 2.09. The molecule has 25 heavy (non-hydrogen) atoms. The molecule has 1 aliphatic rings. The highest BCUT2D eigenvalue weighted by Crippen LogP contribution is 2.26. The monoisotopic (exact) mass is 389 g/mol. The molecule has 140 valence electrons. The first-order chi connectivity index (χ1) is 11.6. The fourth-order valence-corrected chi connectivity index (χ4v) is 4.19. The van der Waals surface area contributed by atoms with Crippen LogP contribution in [0.5, 0.6) is 0 Å². The van der Waals surface area contributed by atoms with Crippen LogP contribution in [-0.2, 0) is 19.6 Å². The largest absolute Gasteiger partial charge is 0.373 e. The molecule has 0 spiro atoms. The Morgan fingerprint density at radius 3 is 2.48 bits per heavy atom. The van der Waals surface area contributed by atoms with Gasteiger partial charge in [0.25, 0.3) is 0 Å².